The minimum atomic E-state index is -3.57. The zero-order valence-corrected chi connectivity index (χ0v) is 20.3. The lowest BCUT2D eigenvalue weighted by molar-refractivity contribution is 0.0728. The van der Waals surface area contributed by atoms with E-state index in [1.165, 1.54) is 0 Å². The number of sulfonamides is 1. The maximum Gasteiger partial charge on any atom is 0.254 e. The van der Waals surface area contributed by atoms with E-state index in [4.69, 9.17) is 9.47 Å². The van der Waals surface area contributed by atoms with Crippen molar-refractivity contribution in [2.45, 2.75) is 62.6 Å². The van der Waals surface area contributed by atoms with E-state index < -0.39 is 10.0 Å². The van der Waals surface area contributed by atoms with Crippen molar-refractivity contribution in [2.24, 2.45) is 0 Å². The number of hydrogen-bond donors (Lipinski definition) is 0. The van der Waals surface area contributed by atoms with E-state index in [1.54, 1.807) is 42.8 Å². The lowest BCUT2D eigenvalue weighted by atomic mass is 10.1. The van der Waals surface area contributed by atoms with E-state index in [2.05, 4.69) is 0 Å². The Hall–Kier alpha value is -2.58. The van der Waals surface area contributed by atoms with Crippen LogP contribution in [0.1, 0.15) is 54.9 Å². The van der Waals surface area contributed by atoms with Gasteiger partial charge in [0.15, 0.2) is 0 Å². The van der Waals surface area contributed by atoms with Crippen LogP contribution in [0.2, 0.25) is 0 Å². The second-order valence-electron chi connectivity index (χ2n) is 8.83. The van der Waals surface area contributed by atoms with Crippen LogP contribution in [-0.4, -0.2) is 56.4 Å². The first kappa shape index (κ1) is 23.6. The van der Waals surface area contributed by atoms with Gasteiger partial charge in [-0.2, -0.15) is 4.31 Å². The van der Waals surface area contributed by atoms with Crippen LogP contribution in [0.4, 0.5) is 0 Å². The molecular weight excluding hydrogens is 440 g/mol. The number of hydrogen-bond acceptors (Lipinski definition) is 5. The normalized spacial score (nSPS) is 19.2. The van der Waals surface area contributed by atoms with Gasteiger partial charge in [0.1, 0.15) is 11.5 Å². The van der Waals surface area contributed by atoms with Crippen molar-refractivity contribution in [2.75, 3.05) is 20.8 Å². The van der Waals surface area contributed by atoms with E-state index in [0.717, 1.165) is 37.7 Å². The number of rotatable bonds is 8. The van der Waals surface area contributed by atoms with Gasteiger partial charge in [-0.3, -0.25) is 4.79 Å². The van der Waals surface area contributed by atoms with Gasteiger partial charge in [-0.05, 0) is 75.1 Å². The van der Waals surface area contributed by atoms with Crippen molar-refractivity contribution >= 4 is 15.9 Å². The van der Waals surface area contributed by atoms with Crippen LogP contribution in [-0.2, 0) is 16.6 Å². The monoisotopic (exact) mass is 472 g/mol. The van der Waals surface area contributed by atoms with Crippen LogP contribution in [0.5, 0.6) is 11.5 Å². The molecule has 1 atom stereocenters. The van der Waals surface area contributed by atoms with Crippen LogP contribution >= 0.6 is 0 Å². The third-order valence-corrected chi connectivity index (χ3v) is 8.55. The molecule has 7 nitrogen and oxygen atoms in total. The lowest BCUT2D eigenvalue weighted by Crippen LogP contribution is -2.41. The molecule has 2 fully saturated rings. The Labute approximate surface area is 196 Å². The van der Waals surface area contributed by atoms with Gasteiger partial charge in [0.2, 0.25) is 10.0 Å². The van der Waals surface area contributed by atoms with Crippen molar-refractivity contribution in [1.82, 2.24) is 9.21 Å². The number of ether oxygens (including phenoxy) is 2. The molecule has 1 aliphatic carbocycles. The SMILES string of the molecule is COc1ccc(OC)c(CN(C(=O)c2ccc(S(=O)(=O)N3CCCCC3C)cc2)C2CC2)c1. The maximum atomic E-state index is 13.4. The Bertz CT molecular complexity index is 1100. The first-order valence-electron chi connectivity index (χ1n) is 11.5. The number of piperidine rings is 1. The van der Waals surface area contributed by atoms with Gasteiger partial charge in [0.05, 0.1) is 25.7 Å². The van der Waals surface area contributed by atoms with E-state index in [0.29, 0.717) is 30.2 Å². The summed E-state index contributed by atoms with van der Waals surface area (Å²) in [7, 11) is -0.350. The summed E-state index contributed by atoms with van der Waals surface area (Å²) in [6.07, 6.45) is 4.72. The average Bonchev–Trinajstić information content (AvgIpc) is 3.67. The van der Waals surface area contributed by atoms with E-state index in [1.807, 2.05) is 30.0 Å². The molecule has 178 valence electrons. The highest BCUT2D eigenvalue weighted by Gasteiger charge is 2.34. The quantitative estimate of drug-likeness (QED) is 0.579. The number of benzene rings is 2. The summed E-state index contributed by atoms with van der Waals surface area (Å²) in [5.74, 6) is 1.29. The van der Waals surface area contributed by atoms with Gasteiger partial charge in [0.25, 0.3) is 5.91 Å². The van der Waals surface area contributed by atoms with Crippen molar-refractivity contribution in [1.29, 1.82) is 0 Å². The molecule has 8 heteroatoms. The zero-order chi connectivity index (χ0) is 23.6. The van der Waals surface area contributed by atoms with Gasteiger partial charge in [0, 0.05) is 29.8 Å². The maximum absolute atomic E-state index is 13.4. The van der Waals surface area contributed by atoms with E-state index in [-0.39, 0.29) is 22.9 Å². The molecule has 0 N–H and O–H groups in total. The molecule has 1 saturated heterocycles. The summed E-state index contributed by atoms with van der Waals surface area (Å²) in [6, 6.07) is 12.1. The van der Waals surface area contributed by atoms with Crippen molar-refractivity contribution < 1.29 is 22.7 Å². The van der Waals surface area contributed by atoms with Crippen LogP contribution in [0, 0.1) is 0 Å². The van der Waals surface area contributed by atoms with Crippen LogP contribution in [0.25, 0.3) is 0 Å². The standard InChI is InChI=1S/C25H32N2O5S/c1-18-6-4-5-15-27(18)33(29,30)23-12-7-19(8-13-23)25(28)26(21-9-10-21)17-20-16-22(31-2)11-14-24(20)32-3/h7-8,11-14,16,18,21H,4-6,9-10,15,17H2,1-3H3. The van der Waals surface area contributed by atoms with E-state index >= 15 is 0 Å². The second-order valence-corrected chi connectivity index (χ2v) is 10.7. The van der Waals surface area contributed by atoms with Crippen LogP contribution in [0.3, 0.4) is 0 Å². The van der Waals surface area contributed by atoms with Crippen LogP contribution < -0.4 is 9.47 Å². The molecule has 2 aliphatic rings. The molecule has 4 rings (SSSR count). The fourth-order valence-corrected chi connectivity index (χ4v) is 6.14. The Morgan fingerprint density at radius 3 is 2.36 bits per heavy atom. The highest BCUT2D eigenvalue weighted by Crippen LogP contribution is 2.33. The summed E-state index contributed by atoms with van der Waals surface area (Å²) in [5.41, 5.74) is 1.35. The molecule has 0 radical (unpaired) electrons. The number of methoxy groups -OCH3 is 2. The lowest BCUT2D eigenvalue weighted by Gasteiger charge is -2.32. The second kappa shape index (κ2) is 9.73. The Morgan fingerprint density at radius 2 is 1.76 bits per heavy atom. The number of carbonyl (C=O) groups is 1. The highest BCUT2D eigenvalue weighted by atomic mass is 32.2. The molecule has 2 aromatic rings. The summed E-state index contributed by atoms with van der Waals surface area (Å²) in [6.45, 7) is 2.90. The molecule has 1 amide bonds. The summed E-state index contributed by atoms with van der Waals surface area (Å²) in [5, 5.41) is 0. The first-order chi connectivity index (χ1) is 15.8. The van der Waals surface area contributed by atoms with Crippen molar-refractivity contribution in [3.63, 3.8) is 0 Å². The smallest absolute Gasteiger partial charge is 0.254 e. The van der Waals surface area contributed by atoms with Gasteiger partial charge in [-0.1, -0.05) is 6.42 Å². The zero-order valence-electron chi connectivity index (χ0n) is 19.5. The Balaban J connectivity index is 1.55. The minimum Gasteiger partial charge on any atom is -0.497 e. The number of carbonyl (C=O) groups excluding carboxylic acids is 1. The third-order valence-electron chi connectivity index (χ3n) is 6.53. The van der Waals surface area contributed by atoms with Gasteiger partial charge in [-0.25, -0.2) is 8.42 Å². The molecule has 1 unspecified atom stereocenters. The minimum absolute atomic E-state index is 0.00624. The molecule has 1 aliphatic heterocycles. The topological polar surface area (TPSA) is 76.1 Å². The first-order valence-corrected chi connectivity index (χ1v) is 12.9. The molecule has 0 spiro atoms. The average molecular weight is 473 g/mol. The predicted octanol–water partition coefficient (Wildman–Crippen LogP) is 4.07. The van der Waals surface area contributed by atoms with Gasteiger partial charge < -0.3 is 14.4 Å². The summed E-state index contributed by atoms with van der Waals surface area (Å²) < 4.78 is 38.6. The van der Waals surface area contributed by atoms with Crippen molar-refractivity contribution in [3.05, 3.63) is 53.6 Å². The molecule has 33 heavy (non-hydrogen) atoms. The molecular formula is C25H32N2O5S. The van der Waals surface area contributed by atoms with E-state index in [9.17, 15) is 13.2 Å². The molecule has 1 saturated carbocycles. The molecule has 0 aromatic heterocycles. The highest BCUT2D eigenvalue weighted by molar-refractivity contribution is 7.89. The van der Waals surface area contributed by atoms with Crippen molar-refractivity contribution in [3.8, 4) is 11.5 Å². The summed E-state index contributed by atoms with van der Waals surface area (Å²) >= 11 is 0. The fraction of sp³-hybridized carbons (Fsp3) is 0.480. The Morgan fingerprint density at radius 1 is 1.03 bits per heavy atom. The van der Waals surface area contributed by atoms with Gasteiger partial charge in [-0.15, -0.1) is 0 Å². The summed E-state index contributed by atoms with van der Waals surface area (Å²) in [4.78, 5) is 15.5. The van der Waals surface area contributed by atoms with Gasteiger partial charge >= 0.3 is 0 Å². The number of nitrogens with zero attached hydrogens (tertiary/aromatic N) is 2. The fourth-order valence-electron chi connectivity index (χ4n) is 4.44. The third kappa shape index (κ3) is 5.01. The Kier molecular flexibility index (Phi) is 6.95. The predicted molar refractivity (Wildman–Crippen MR) is 126 cm³/mol. The number of amides is 1. The molecule has 0 bridgehead atoms. The molecule has 1 heterocycles. The van der Waals surface area contributed by atoms with Crippen LogP contribution in [0.15, 0.2) is 47.4 Å². The molecule has 2 aromatic carbocycles. The largest absolute Gasteiger partial charge is 0.497 e.